The summed E-state index contributed by atoms with van der Waals surface area (Å²) in [4.78, 5) is 28.6. The Morgan fingerprint density at radius 2 is 1.73 bits per heavy atom. The van der Waals surface area contributed by atoms with E-state index in [-0.39, 0.29) is 23.3 Å². The van der Waals surface area contributed by atoms with Gasteiger partial charge in [0.25, 0.3) is 0 Å². The highest BCUT2D eigenvalue weighted by atomic mass is 35.5. The fourth-order valence-corrected chi connectivity index (χ4v) is 5.49. The van der Waals surface area contributed by atoms with Crippen molar-refractivity contribution in [2.75, 3.05) is 26.2 Å². The Bertz CT molecular complexity index is 1080. The predicted molar refractivity (Wildman–Crippen MR) is 115 cm³/mol. The van der Waals surface area contributed by atoms with Gasteiger partial charge in [0, 0.05) is 24.7 Å². The molecular formula is C21H24ClN3O4S. The van der Waals surface area contributed by atoms with Crippen LogP contribution < -0.4 is 4.72 Å². The van der Waals surface area contributed by atoms with Gasteiger partial charge in [-0.1, -0.05) is 23.7 Å². The number of amides is 2. The van der Waals surface area contributed by atoms with E-state index in [4.69, 9.17) is 11.6 Å². The van der Waals surface area contributed by atoms with E-state index in [2.05, 4.69) is 4.72 Å². The molecule has 30 heavy (non-hydrogen) atoms. The summed E-state index contributed by atoms with van der Waals surface area (Å²) in [5.74, 6) is -0.414. The first kappa shape index (κ1) is 21.1. The average Bonchev–Trinajstić information content (AvgIpc) is 3.25. The third-order valence-electron chi connectivity index (χ3n) is 5.70. The Kier molecular flexibility index (Phi) is 5.99. The standard InChI is InChI=1S/C21H24ClN3O4S/c22-17-7-5-16-13-18(8-6-15(16)12-17)30(28,29)23-19-4-3-11-25(21(19)27)14-20(26)24-9-1-2-10-24/h5-8,12-13,19,23H,1-4,9-11,14H2/t19-/m0/s1. The lowest BCUT2D eigenvalue weighted by Crippen LogP contribution is -2.54. The first-order valence-corrected chi connectivity index (χ1v) is 12.0. The molecule has 0 unspecified atom stereocenters. The molecule has 2 saturated heterocycles. The second kappa shape index (κ2) is 8.53. The Hall–Kier alpha value is -2.16. The number of rotatable bonds is 5. The van der Waals surface area contributed by atoms with E-state index < -0.39 is 16.1 Å². The van der Waals surface area contributed by atoms with Crippen molar-refractivity contribution in [1.29, 1.82) is 0 Å². The van der Waals surface area contributed by atoms with Crippen molar-refractivity contribution in [2.45, 2.75) is 36.6 Å². The van der Waals surface area contributed by atoms with Gasteiger partial charge in [0.05, 0.1) is 11.4 Å². The number of fused-ring (bicyclic) bond motifs is 1. The van der Waals surface area contributed by atoms with E-state index in [0.717, 1.165) is 36.7 Å². The molecule has 0 spiro atoms. The number of hydrogen-bond donors (Lipinski definition) is 1. The first-order valence-electron chi connectivity index (χ1n) is 10.1. The van der Waals surface area contributed by atoms with Gasteiger partial charge in [0.15, 0.2) is 0 Å². The molecule has 0 aliphatic carbocycles. The summed E-state index contributed by atoms with van der Waals surface area (Å²) in [7, 11) is -3.89. The number of sulfonamides is 1. The summed E-state index contributed by atoms with van der Waals surface area (Å²) in [6.45, 7) is 1.93. The van der Waals surface area contributed by atoms with Crippen LogP contribution in [0.2, 0.25) is 5.02 Å². The summed E-state index contributed by atoms with van der Waals surface area (Å²) in [6, 6.07) is 9.12. The van der Waals surface area contributed by atoms with Crippen LogP contribution in [0.5, 0.6) is 0 Å². The van der Waals surface area contributed by atoms with Crippen molar-refractivity contribution in [1.82, 2.24) is 14.5 Å². The normalized spacial score (nSPS) is 20.2. The monoisotopic (exact) mass is 449 g/mol. The topological polar surface area (TPSA) is 86.8 Å². The Morgan fingerprint density at radius 3 is 2.50 bits per heavy atom. The molecule has 2 amide bonds. The Labute approximate surface area is 181 Å². The maximum absolute atomic E-state index is 12.9. The number of carbonyl (C=O) groups is 2. The minimum atomic E-state index is -3.89. The fraction of sp³-hybridized carbons (Fsp3) is 0.429. The van der Waals surface area contributed by atoms with Crippen LogP contribution in [0.4, 0.5) is 0 Å². The maximum atomic E-state index is 12.9. The summed E-state index contributed by atoms with van der Waals surface area (Å²) < 4.78 is 28.4. The van der Waals surface area contributed by atoms with E-state index in [0.29, 0.717) is 24.4 Å². The second-order valence-electron chi connectivity index (χ2n) is 7.82. The van der Waals surface area contributed by atoms with Crippen molar-refractivity contribution in [3.63, 3.8) is 0 Å². The van der Waals surface area contributed by atoms with Crippen LogP contribution in [0.25, 0.3) is 10.8 Å². The van der Waals surface area contributed by atoms with Gasteiger partial charge < -0.3 is 9.80 Å². The minimum absolute atomic E-state index is 0.00773. The number of piperidine rings is 1. The molecule has 2 aliphatic rings. The fourth-order valence-electron chi connectivity index (χ4n) is 4.05. The van der Waals surface area contributed by atoms with Gasteiger partial charge in [0.2, 0.25) is 21.8 Å². The van der Waals surface area contributed by atoms with Crippen LogP contribution in [0, 0.1) is 0 Å². The third kappa shape index (κ3) is 4.45. The minimum Gasteiger partial charge on any atom is -0.341 e. The molecule has 0 saturated carbocycles. The molecule has 0 radical (unpaired) electrons. The van der Waals surface area contributed by atoms with Gasteiger partial charge >= 0.3 is 0 Å². The highest BCUT2D eigenvalue weighted by Gasteiger charge is 2.34. The molecule has 0 bridgehead atoms. The summed E-state index contributed by atoms with van der Waals surface area (Å²) in [5, 5.41) is 2.16. The van der Waals surface area contributed by atoms with Gasteiger partial charge in [0.1, 0.15) is 6.04 Å². The molecule has 9 heteroatoms. The average molecular weight is 450 g/mol. The lowest BCUT2D eigenvalue weighted by Gasteiger charge is -2.33. The molecule has 2 aliphatic heterocycles. The van der Waals surface area contributed by atoms with Crippen LogP contribution >= 0.6 is 11.6 Å². The molecular weight excluding hydrogens is 426 g/mol. The summed E-state index contributed by atoms with van der Waals surface area (Å²) >= 11 is 5.98. The van der Waals surface area contributed by atoms with Gasteiger partial charge in [-0.05, 0) is 60.7 Å². The molecule has 2 heterocycles. The summed E-state index contributed by atoms with van der Waals surface area (Å²) in [6.07, 6.45) is 3.03. The lowest BCUT2D eigenvalue weighted by atomic mass is 10.1. The molecule has 7 nitrogen and oxygen atoms in total. The summed E-state index contributed by atoms with van der Waals surface area (Å²) in [5.41, 5.74) is 0. The van der Waals surface area contributed by atoms with E-state index in [9.17, 15) is 18.0 Å². The molecule has 1 atom stereocenters. The number of benzene rings is 2. The number of halogens is 1. The Morgan fingerprint density at radius 1 is 1.03 bits per heavy atom. The zero-order valence-corrected chi connectivity index (χ0v) is 18.1. The van der Waals surface area contributed by atoms with E-state index >= 15 is 0 Å². The highest BCUT2D eigenvalue weighted by Crippen LogP contribution is 2.23. The molecule has 2 aromatic carbocycles. The molecule has 2 fully saturated rings. The van der Waals surface area contributed by atoms with Crippen LogP contribution in [0.3, 0.4) is 0 Å². The van der Waals surface area contributed by atoms with Crippen molar-refractivity contribution >= 4 is 44.2 Å². The van der Waals surface area contributed by atoms with Crippen LogP contribution in [0.15, 0.2) is 41.3 Å². The van der Waals surface area contributed by atoms with Gasteiger partial charge in [-0.2, -0.15) is 4.72 Å². The third-order valence-corrected chi connectivity index (χ3v) is 7.40. The Balaban J connectivity index is 1.47. The number of carbonyl (C=O) groups excluding carboxylic acids is 2. The van der Waals surface area contributed by atoms with E-state index in [1.807, 2.05) is 0 Å². The van der Waals surface area contributed by atoms with Crippen molar-refractivity contribution < 1.29 is 18.0 Å². The van der Waals surface area contributed by atoms with Crippen LogP contribution in [-0.4, -0.2) is 62.3 Å². The molecule has 0 aromatic heterocycles. The zero-order valence-electron chi connectivity index (χ0n) is 16.5. The first-order chi connectivity index (χ1) is 14.3. The van der Waals surface area contributed by atoms with Gasteiger partial charge in [-0.3, -0.25) is 9.59 Å². The largest absolute Gasteiger partial charge is 0.341 e. The zero-order chi connectivity index (χ0) is 21.3. The SMILES string of the molecule is O=C(CN1CCC[C@H](NS(=O)(=O)c2ccc3cc(Cl)ccc3c2)C1=O)N1CCCC1. The second-order valence-corrected chi connectivity index (χ2v) is 9.97. The quantitative estimate of drug-likeness (QED) is 0.759. The molecule has 160 valence electrons. The van der Waals surface area contributed by atoms with E-state index in [1.165, 1.54) is 11.0 Å². The number of hydrogen-bond acceptors (Lipinski definition) is 4. The highest BCUT2D eigenvalue weighted by molar-refractivity contribution is 7.89. The molecule has 4 rings (SSSR count). The van der Waals surface area contributed by atoms with E-state index in [1.54, 1.807) is 35.2 Å². The maximum Gasteiger partial charge on any atom is 0.242 e. The van der Waals surface area contributed by atoms with Gasteiger partial charge in [-0.25, -0.2) is 8.42 Å². The number of likely N-dealkylation sites (tertiary alicyclic amines) is 2. The number of nitrogens with one attached hydrogen (secondary N) is 1. The van der Waals surface area contributed by atoms with Gasteiger partial charge in [-0.15, -0.1) is 0 Å². The van der Waals surface area contributed by atoms with Crippen molar-refractivity contribution in [3.8, 4) is 0 Å². The predicted octanol–water partition coefficient (Wildman–Crippen LogP) is 2.38. The van der Waals surface area contributed by atoms with Crippen molar-refractivity contribution in [2.24, 2.45) is 0 Å². The molecule has 2 aromatic rings. The van der Waals surface area contributed by atoms with Crippen LogP contribution in [0.1, 0.15) is 25.7 Å². The van der Waals surface area contributed by atoms with Crippen molar-refractivity contribution in [3.05, 3.63) is 41.4 Å². The number of nitrogens with zero attached hydrogens (tertiary/aromatic N) is 2. The smallest absolute Gasteiger partial charge is 0.242 e. The molecule has 1 N–H and O–H groups in total. The van der Waals surface area contributed by atoms with Crippen LogP contribution in [-0.2, 0) is 19.6 Å². The lowest BCUT2D eigenvalue weighted by molar-refractivity contribution is -0.142.